The van der Waals surface area contributed by atoms with Gasteiger partial charge in [0.2, 0.25) is 0 Å². The number of aliphatic imine (C=N–C) groups is 1. The van der Waals surface area contributed by atoms with Gasteiger partial charge in [0.05, 0.1) is 5.84 Å². The van der Waals surface area contributed by atoms with Gasteiger partial charge in [-0.1, -0.05) is 30.7 Å². The summed E-state index contributed by atoms with van der Waals surface area (Å²) in [4.78, 5) is 4.22. The second kappa shape index (κ2) is 5.66. The van der Waals surface area contributed by atoms with Crippen molar-refractivity contribution in [2.24, 2.45) is 10.7 Å². The van der Waals surface area contributed by atoms with Gasteiger partial charge in [-0.3, -0.25) is 4.99 Å². The van der Waals surface area contributed by atoms with Crippen molar-refractivity contribution in [3.63, 3.8) is 0 Å². The molecule has 0 bridgehead atoms. The number of benzene rings is 1. The molecule has 2 nitrogen and oxygen atoms in total. The van der Waals surface area contributed by atoms with Crippen LogP contribution in [0, 0.1) is 0 Å². The summed E-state index contributed by atoms with van der Waals surface area (Å²) in [7, 11) is 0. The first-order valence-electron chi connectivity index (χ1n) is 4.75. The zero-order valence-corrected chi connectivity index (χ0v) is 9.09. The van der Waals surface area contributed by atoms with E-state index in [1.54, 1.807) is 0 Å². The van der Waals surface area contributed by atoms with Gasteiger partial charge in [0.15, 0.2) is 0 Å². The topological polar surface area (TPSA) is 38.4 Å². The maximum absolute atomic E-state index is 5.77. The second-order valence-corrected chi connectivity index (χ2v) is 3.61. The van der Waals surface area contributed by atoms with Crippen LogP contribution in [0.2, 0.25) is 5.02 Å². The zero-order valence-electron chi connectivity index (χ0n) is 8.33. The van der Waals surface area contributed by atoms with Crippen molar-refractivity contribution >= 4 is 17.4 Å². The van der Waals surface area contributed by atoms with E-state index in [0.29, 0.717) is 12.3 Å². The van der Waals surface area contributed by atoms with Gasteiger partial charge in [-0.15, -0.1) is 0 Å². The Morgan fingerprint density at radius 2 is 2.00 bits per heavy atom. The van der Waals surface area contributed by atoms with Crippen LogP contribution in [0.25, 0.3) is 0 Å². The molecule has 0 saturated carbocycles. The van der Waals surface area contributed by atoms with E-state index in [9.17, 15) is 0 Å². The fourth-order valence-corrected chi connectivity index (χ4v) is 1.25. The van der Waals surface area contributed by atoms with Crippen LogP contribution in [-0.4, -0.2) is 12.4 Å². The minimum absolute atomic E-state index is 0.689. The van der Waals surface area contributed by atoms with E-state index in [4.69, 9.17) is 17.3 Å². The summed E-state index contributed by atoms with van der Waals surface area (Å²) in [6, 6.07) is 7.67. The quantitative estimate of drug-likeness (QED) is 0.602. The lowest BCUT2D eigenvalue weighted by Gasteiger charge is -2.01. The first kappa shape index (κ1) is 11.1. The van der Waals surface area contributed by atoms with Crippen molar-refractivity contribution in [1.29, 1.82) is 0 Å². The van der Waals surface area contributed by atoms with Gasteiger partial charge in [-0.2, -0.15) is 0 Å². The van der Waals surface area contributed by atoms with Crippen LogP contribution in [0.3, 0.4) is 0 Å². The van der Waals surface area contributed by atoms with Crippen LogP contribution >= 0.6 is 11.6 Å². The summed E-state index contributed by atoms with van der Waals surface area (Å²) in [5.41, 5.74) is 6.89. The molecule has 3 heteroatoms. The number of nitrogens with zero attached hydrogens (tertiary/aromatic N) is 1. The Morgan fingerprint density at radius 1 is 1.36 bits per heavy atom. The van der Waals surface area contributed by atoms with Crippen molar-refractivity contribution in [2.45, 2.75) is 19.8 Å². The Balaban J connectivity index is 2.56. The standard InChI is InChI=1S/C11H15ClN2/c1-2-7-14-11(13)8-9-3-5-10(12)6-4-9/h3-6H,2,7-8H2,1H3,(H2,13,14). The molecule has 0 radical (unpaired) electrons. The molecule has 0 aliphatic rings. The third-order valence-electron chi connectivity index (χ3n) is 1.84. The number of rotatable bonds is 4. The van der Waals surface area contributed by atoms with E-state index in [2.05, 4.69) is 11.9 Å². The average Bonchev–Trinajstić information content (AvgIpc) is 2.18. The van der Waals surface area contributed by atoms with E-state index >= 15 is 0 Å². The lowest BCUT2D eigenvalue weighted by Crippen LogP contribution is -2.15. The number of halogens is 1. The predicted octanol–water partition coefficient (Wildman–Crippen LogP) is 2.65. The molecule has 0 aromatic heterocycles. The molecule has 14 heavy (non-hydrogen) atoms. The number of nitrogens with two attached hydrogens (primary N) is 1. The first-order chi connectivity index (χ1) is 6.72. The molecule has 1 rings (SSSR count). The van der Waals surface area contributed by atoms with Crippen LogP contribution in [0.1, 0.15) is 18.9 Å². The van der Waals surface area contributed by atoms with E-state index in [-0.39, 0.29) is 0 Å². The summed E-state index contributed by atoms with van der Waals surface area (Å²) in [6.07, 6.45) is 1.73. The van der Waals surface area contributed by atoms with E-state index in [0.717, 1.165) is 23.6 Å². The molecular weight excluding hydrogens is 196 g/mol. The second-order valence-electron chi connectivity index (χ2n) is 3.18. The van der Waals surface area contributed by atoms with Gasteiger partial charge < -0.3 is 5.73 Å². The largest absolute Gasteiger partial charge is 0.387 e. The highest BCUT2D eigenvalue weighted by atomic mass is 35.5. The number of hydrogen-bond donors (Lipinski definition) is 1. The van der Waals surface area contributed by atoms with Crippen molar-refractivity contribution in [3.05, 3.63) is 34.9 Å². The highest BCUT2D eigenvalue weighted by Gasteiger charge is 1.96. The van der Waals surface area contributed by atoms with Gasteiger partial charge >= 0.3 is 0 Å². The molecule has 0 aliphatic heterocycles. The van der Waals surface area contributed by atoms with E-state index < -0.39 is 0 Å². The molecule has 0 aliphatic carbocycles. The molecule has 0 fully saturated rings. The molecule has 2 N–H and O–H groups in total. The van der Waals surface area contributed by atoms with Crippen LogP contribution in [0.15, 0.2) is 29.3 Å². The third kappa shape index (κ3) is 3.79. The molecule has 0 unspecified atom stereocenters. The van der Waals surface area contributed by atoms with Gasteiger partial charge in [-0.25, -0.2) is 0 Å². The Morgan fingerprint density at radius 3 is 2.57 bits per heavy atom. The zero-order chi connectivity index (χ0) is 10.4. The normalized spacial score (nSPS) is 11.7. The summed E-state index contributed by atoms with van der Waals surface area (Å²) < 4.78 is 0. The minimum atomic E-state index is 0.689. The molecule has 0 amide bonds. The fourth-order valence-electron chi connectivity index (χ4n) is 1.12. The Bertz CT molecular complexity index is 304. The van der Waals surface area contributed by atoms with Crippen molar-refractivity contribution < 1.29 is 0 Å². The summed E-state index contributed by atoms with van der Waals surface area (Å²) >= 11 is 5.77. The molecule has 0 atom stereocenters. The van der Waals surface area contributed by atoms with Gasteiger partial charge in [-0.05, 0) is 24.1 Å². The average molecular weight is 211 g/mol. The molecule has 0 spiro atoms. The predicted molar refractivity (Wildman–Crippen MR) is 61.9 cm³/mol. The number of amidine groups is 1. The van der Waals surface area contributed by atoms with Crippen LogP contribution < -0.4 is 5.73 Å². The summed E-state index contributed by atoms with van der Waals surface area (Å²) in [5.74, 6) is 0.689. The summed E-state index contributed by atoms with van der Waals surface area (Å²) in [5, 5.41) is 0.748. The van der Waals surface area contributed by atoms with Crippen LogP contribution in [0.4, 0.5) is 0 Å². The van der Waals surface area contributed by atoms with Crippen LogP contribution in [0.5, 0.6) is 0 Å². The maximum atomic E-state index is 5.77. The third-order valence-corrected chi connectivity index (χ3v) is 2.09. The Labute approximate surface area is 89.8 Å². The fraction of sp³-hybridized carbons (Fsp3) is 0.364. The lowest BCUT2D eigenvalue weighted by atomic mass is 10.1. The maximum Gasteiger partial charge on any atom is 0.0981 e. The first-order valence-corrected chi connectivity index (χ1v) is 5.13. The van der Waals surface area contributed by atoms with Crippen LogP contribution in [-0.2, 0) is 6.42 Å². The Hall–Kier alpha value is -1.02. The molecular formula is C11H15ClN2. The smallest absolute Gasteiger partial charge is 0.0981 e. The van der Waals surface area contributed by atoms with Gasteiger partial charge in [0.1, 0.15) is 0 Å². The van der Waals surface area contributed by atoms with Crippen molar-refractivity contribution in [1.82, 2.24) is 0 Å². The van der Waals surface area contributed by atoms with Crippen molar-refractivity contribution in [3.8, 4) is 0 Å². The Kier molecular flexibility index (Phi) is 4.47. The van der Waals surface area contributed by atoms with Gasteiger partial charge in [0.25, 0.3) is 0 Å². The molecule has 0 heterocycles. The van der Waals surface area contributed by atoms with E-state index in [1.165, 1.54) is 0 Å². The highest BCUT2D eigenvalue weighted by Crippen LogP contribution is 2.09. The highest BCUT2D eigenvalue weighted by molar-refractivity contribution is 6.30. The lowest BCUT2D eigenvalue weighted by molar-refractivity contribution is 0.924. The monoisotopic (exact) mass is 210 g/mol. The number of hydrogen-bond acceptors (Lipinski definition) is 1. The van der Waals surface area contributed by atoms with Crippen molar-refractivity contribution in [2.75, 3.05) is 6.54 Å². The van der Waals surface area contributed by atoms with Gasteiger partial charge in [0, 0.05) is 18.0 Å². The van der Waals surface area contributed by atoms with E-state index in [1.807, 2.05) is 24.3 Å². The minimum Gasteiger partial charge on any atom is -0.387 e. The molecule has 0 saturated heterocycles. The molecule has 1 aromatic carbocycles. The SMILES string of the molecule is CCCN=C(N)Cc1ccc(Cl)cc1. The molecule has 1 aromatic rings. The summed E-state index contributed by atoms with van der Waals surface area (Å²) in [6.45, 7) is 2.89. The molecule has 76 valence electrons.